The van der Waals surface area contributed by atoms with Crippen molar-refractivity contribution in [3.8, 4) is 5.88 Å². The number of aryl methyl sites for hydroxylation is 1. The quantitative estimate of drug-likeness (QED) is 0.117. The van der Waals surface area contributed by atoms with Crippen LogP contribution in [-0.4, -0.2) is 108 Å². The molecule has 1 fully saturated rings. The normalized spacial score (nSPS) is 20.9. The third-order valence-corrected chi connectivity index (χ3v) is 9.48. The second-order valence-corrected chi connectivity index (χ2v) is 12.2. The summed E-state index contributed by atoms with van der Waals surface area (Å²) in [5.41, 5.74) is 2.53. The van der Waals surface area contributed by atoms with Crippen LogP contribution in [0.4, 0.5) is 0 Å². The SMILES string of the molecule is CO[C@@]1(NC(=O)CS(=O)(=O)Cc2onc(O)c2C(N)=O)C(=O)N2C(C(=O)O)=C(CSc3nnnn3C)CS[C@@H]21. The van der Waals surface area contributed by atoms with Gasteiger partial charge in [0.25, 0.3) is 23.4 Å². The number of nitrogens with one attached hydrogen (secondary N) is 1. The molecule has 2 atom stereocenters. The summed E-state index contributed by atoms with van der Waals surface area (Å²) in [4.78, 5) is 50.4. The molecule has 21 heteroatoms. The van der Waals surface area contributed by atoms with E-state index in [9.17, 15) is 37.8 Å². The molecule has 5 N–H and O–H groups in total. The van der Waals surface area contributed by atoms with E-state index in [1.807, 2.05) is 0 Å². The van der Waals surface area contributed by atoms with Gasteiger partial charge in [-0.25, -0.2) is 17.9 Å². The minimum Gasteiger partial charge on any atom is -0.491 e. The number of carboxylic acids is 1. The standard InChI is InChI=1S/C18H20N8O10S3/c1-25-17(21-23-24-25)38-4-7-3-37-16-18(35-2,15(32)26(16)11(7)14(30)31)20-9(27)6-39(33,34)5-8-10(12(19)28)13(29)22-36-8/h16H,3-6H2,1-2H3,(H2,19,28)(H,20,27)(H,22,29)(H,30,31)/t16-,18+/m1/s1. The minimum absolute atomic E-state index is 0.151. The highest BCUT2D eigenvalue weighted by Gasteiger charge is 2.66. The van der Waals surface area contributed by atoms with Gasteiger partial charge < -0.3 is 30.5 Å². The van der Waals surface area contributed by atoms with Gasteiger partial charge in [0.1, 0.15) is 28.1 Å². The number of rotatable bonds is 11. The molecule has 0 unspecified atom stereocenters. The molecule has 0 saturated carbocycles. The molecule has 0 spiro atoms. The monoisotopic (exact) mass is 604 g/mol. The Hall–Kier alpha value is -3.69. The first-order valence-electron chi connectivity index (χ1n) is 10.6. The van der Waals surface area contributed by atoms with Crippen LogP contribution in [0.5, 0.6) is 5.88 Å². The van der Waals surface area contributed by atoms with Crippen molar-refractivity contribution >= 4 is 57.1 Å². The first-order chi connectivity index (χ1) is 18.3. The van der Waals surface area contributed by atoms with E-state index < -0.39 is 73.3 Å². The Morgan fingerprint density at radius 2 is 2.10 bits per heavy atom. The van der Waals surface area contributed by atoms with E-state index in [1.165, 1.54) is 16.4 Å². The fourth-order valence-corrected chi connectivity index (χ4v) is 7.50. The molecule has 0 aromatic carbocycles. The van der Waals surface area contributed by atoms with E-state index >= 15 is 0 Å². The fourth-order valence-electron chi connectivity index (χ4n) is 3.90. The Kier molecular flexibility index (Phi) is 7.60. The first kappa shape index (κ1) is 28.3. The zero-order chi connectivity index (χ0) is 28.7. The summed E-state index contributed by atoms with van der Waals surface area (Å²) in [6.45, 7) is 0. The number of tetrazole rings is 1. The molecule has 2 aliphatic heterocycles. The summed E-state index contributed by atoms with van der Waals surface area (Å²) >= 11 is 2.28. The van der Waals surface area contributed by atoms with Gasteiger partial charge >= 0.3 is 5.97 Å². The number of hydrogen-bond donors (Lipinski definition) is 4. The zero-order valence-corrected chi connectivity index (χ0v) is 22.5. The van der Waals surface area contributed by atoms with E-state index in [4.69, 9.17) is 10.5 Å². The maximum absolute atomic E-state index is 13.2. The molecule has 0 radical (unpaired) electrons. The van der Waals surface area contributed by atoms with Gasteiger partial charge in [-0.15, -0.1) is 16.9 Å². The highest BCUT2D eigenvalue weighted by Crippen LogP contribution is 2.47. The third-order valence-electron chi connectivity index (χ3n) is 5.61. The molecule has 39 heavy (non-hydrogen) atoms. The van der Waals surface area contributed by atoms with Gasteiger partial charge in [0, 0.05) is 25.7 Å². The van der Waals surface area contributed by atoms with E-state index in [0.717, 1.165) is 23.8 Å². The molecular weight excluding hydrogens is 584 g/mol. The van der Waals surface area contributed by atoms with Gasteiger partial charge in [0.05, 0.1) is 0 Å². The smallest absolute Gasteiger partial charge is 0.352 e. The zero-order valence-electron chi connectivity index (χ0n) is 20.1. The maximum Gasteiger partial charge on any atom is 0.352 e. The molecule has 0 aliphatic carbocycles. The number of aromatic hydroxyl groups is 1. The summed E-state index contributed by atoms with van der Waals surface area (Å²) in [7, 11) is -1.61. The van der Waals surface area contributed by atoms with Crippen LogP contribution in [0.15, 0.2) is 20.9 Å². The van der Waals surface area contributed by atoms with Crippen LogP contribution < -0.4 is 11.1 Å². The van der Waals surface area contributed by atoms with E-state index in [0.29, 0.717) is 10.7 Å². The molecular formula is C18H20N8O10S3. The predicted molar refractivity (Wildman–Crippen MR) is 129 cm³/mol. The van der Waals surface area contributed by atoms with Gasteiger partial charge in [-0.2, -0.15) is 0 Å². The molecule has 3 amide bonds. The lowest BCUT2D eigenvalue weighted by Gasteiger charge is -2.55. The predicted octanol–water partition coefficient (Wildman–Crippen LogP) is -2.58. The fraction of sp³-hybridized carbons (Fsp3) is 0.444. The third kappa shape index (κ3) is 5.16. The molecule has 2 aromatic heterocycles. The molecule has 210 valence electrons. The lowest BCUT2D eigenvalue weighted by Crippen LogP contribution is -2.81. The molecule has 4 heterocycles. The van der Waals surface area contributed by atoms with E-state index in [-0.39, 0.29) is 17.2 Å². The second kappa shape index (κ2) is 10.5. The number of aliphatic carboxylic acids is 1. The molecule has 2 aliphatic rings. The summed E-state index contributed by atoms with van der Waals surface area (Å²) < 4.78 is 36.5. The van der Waals surface area contributed by atoms with Gasteiger partial charge in [-0.3, -0.25) is 19.3 Å². The van der Waals surface area contributed by atoms with Crippen molar-refractivity contribution in [2.75, 3.05) is 24.4 Å². The Labute approximate surface area is 227 Å². The number of β-lactam (4-membered cyclic amide) rings is 1. The van der Waals surface area contributed by atoms with Crippen LogP contribution >= 0.6 is 23.5 Å². The van der Waals surface area contributed by atoms with Crippen molar-refractivity contribution in [3.63, 3.8) is 0 Å². The highest BCUT2D eigenvalue weighted by molar-refractivity contribution is 8.01. The number of fused-ring (bicyclic) bond motifs is 1. The van der Waals surface area contributed by atoms with Crippen molar-refractivity contribution in [2.45, 2.75) is 22.0 Å². The maximum atomic E-state index is 13.2. The van der Waals surface area contributed by atoms with Crippen molar-refractivity contribution in [2.24, 2.45) is 12.8 Å². The summed E-state index contributed by atoms with van der Waals surface area (Å²) in [6.07, 6.45) is 0. The number of carbonyl (C=O) groups excluding carboxylic acids is 3. The number of carbonyl (C=O) groups is 4. The number of sulfone groups is 1. The minimum atomic E-state index is -4.33. The Balaban J connectivity index is 1.49. The first-order valence-corrected chi connectivity index (χ1v) is 14.5. The number of nitrogens with two attached hydrogens (primary N) is 1. The van der Waals surface area contributed by atoms with E-state index in [1.54, 1.807) is 7.05 Å². The van der Waals surface area contributed by atoms with Crippen LogP contribution in [-0.2, 0) is 41.8 Å². The van der Waals surface area contributed by atoms with Crippen LogP contribution in [0.25, 0.3) is 0 Å². The lowest BCUT2D eigenvalue weighted by atomic mass is 9.98. The molecule has 4 rings (SSSR count). The van der Waals surface area contributed by atoms with Crippen molar-refractivity contribution in [1.29, 1.82) is 0 Å². The second-order valence-electron chi connectivity index (χ2n) is 8.16. The lowest BCUT2D eigenvalue weighted by molar-refractivity contribution is -0.192. The van der Waals surface area contributed by atoms with Crippen molar-refractivity contribution in [3.05, 3.63) is 22.6 Å². The molecule has 18 nitrogen and oxygen atoms in total. The Bertz CT molecular complexity index is 1500. The van der Waals surface area contributed by atoms with Crippen LogP contribution in [0, 0.1) is 0 Å². The van der Waals surface area contributed by atoms with Gasteiger partial charge in [0.2, 0.25) is 11.1 Å². The Morgan fingerprint density at radius 3 is 2.69 bits per heavy atom. The number of thioether (sulfide) groups is 2. The summed E-state index contributed by atoms with van der Waals surface area (Å²) in [5.74, 6) is -7.96. The topological polar surface area (TPSA) is 263 Å². The van der Waals surface area contributed by atoms with Crippen LogP contribution in [0.2, 0.25) is 0 Å². The summed E-state index contributed by atoms with van der Waals surface area (Å²) in [6, 6.07) is 0. The largest absolute Gasteiger partial charge is 0.491 e. The number of methoxy groups -OCH3 is 1. The van der Waals surface area contributed by atoms with Gasteiger partial charge in [-0.1, -0.05) is 11.8 Å². The van der Waals surface area contributed by atoms with Crippen LogP contribution in [0.1, 0.15) is 16.1 Å². The number of amides is 3. The average molecular weight is 605 g/mol. The van der Waals surface area contributed by atoms with Crippen LogP contribution in [0.3, 0.4) is 0 Å². The van der Waals surface area contributed by atoms with E-state index in [2.05, 4.69) is 30.5 Å². The average Bonchev–Trinajstić information content (AvgIpc) is 3.43. The number of hydrogen-bond acceptors (Lipinski definition) is 15. The number of aromatic nitrogens is 5. The molecule has 0 bridgehead atoms. The molecule has 2 aromatic rings. The van der Waals surface area contributed by atoms with Crippen molar-refractivity contribution < 1.29 is 47.1 Å². The number of ether oxygens (including phenoxy) is 1. The van der Waals surface area contributed by atoms with Crippen molar-refractivity contribution in [1.82, 2.24) is 35.6 Å². The van der Waals surface area contributed by atoms with Gasteiger partial charge in [0.15, 0.2) is 15.6 Å². The number of nitrogens with zero attached hydrogens (tertiary/aromatic N) is 6. The summed E-state index contributed by atoms with van der Waals surface area (Å²) in [5, 5.41) is 35.2. The van der Waals surface area contributed by atoms with Gasteiger partial charge in [-0.05, 0) is 21.2 Å². The number of carboxylic acid groups (broad SMARTS) is 1. The highest BCUT2D eigenvalue weighted by atomic mass is 32.2. The number of primary amides is 1. The molecule has 1 saturated heterocycles. The Morgan fingerprint density at radius 1 is 1.38 bits per heavy atom.